The second kappa shape index (κ2) is 10.1. The SMILES string of the molecule is COc1ccc(CN2CCC(CNC3=NCCCN3)CC2)cc1.I. The molecular formula is C18H29IN4O. The van der Waals surface area contributed by atoms with Crippen molar-refractivity contribution in [2.75, 3.05) is 39.8 Å². The molecule has 1 fully saturated rings. The highest BCUT2D eigenvalue weighted by Crippen LogP contribution is 2.19. The maximum atomic E-state index is 5.21. The summed E-state index contributed by atoms with van der Waals surface area (Å²) in [6.07, 6.45) is 3.67. The molecule has 2 aliphatic rings. The normalized spacial score (nSPS) is 19.0. The zero-order valence-electron chi connectivity index (χ0n) is 14.5. The highest BCUT2D eigenvalue weighted by molar-refractivity contribution is 14.0. The zero-order chi connectivity index (χ0) is 15.9. The van der Waals surface area contributed by atoms with Gasteiger partial charge in [0.05, 0.1) is 7.11 Å². The van der Waals surface area contributed by atoms with Crippen LogP contribution in [0.2, 0.25) is 0 Å². The van der Waals surface area contributed by atoms with Crippen molar-refractivity contribution >= 4 is 29.9 Å². The quantitative estimate of drug-likeness (QED) is 0.686. The summed E-state index contributed by atoms with van der Waals surface area (Å²) in [5, 5.41) is 6.80. The van der Waals surface area contributed by atoms with Crippen molar-refractivity contribution in [2.45, 2.75) is 25.8 Å². The summed E-state index contributed by atoms with van der Waals surface area (Å²) in [6.45, 7) is 6.44. The second-order valence-corrected chi connectivity index (χ2v) is 6.46. The predicted molar refractivity (Wildman–Crippen MR) is 109 cm³/mol. The van der Waals surface area contributed by atoms with E-state index in [0.29, 0.717) is 0 Å². The Hall–Kier alpha value is -1.02. The van der Waals surface area contributed by atoms with Gasteiger partial charge in [0.1, 0.15) is 5.75 Å². The van der Waals surface area contributed by atoms with Gasteiger partial charge in [-0.25, -0.2) is 0 Å². The minimum Gasteiger partial charge on any atom is -0.497 e. The smallest absolute Gasteiger partial charge is 0.191 e. The zero-order valence-corrected chi connectivity index (χ0v) is 16.8. The van der Waals surface area contributed by atoms with Crippen molar-refractivity contribution < 1.29 is 4.74 Å². The summed E-state index contributed by atoms with van der Waals surface area (Å²) < 4.78 is 5.21. The van der Waals surface area contributed by atoms with Crippen LogP contribution in [0.3, 0.4) is 0 Å². The lowest BCUT2D eigenvalue weighted by molar-refractivity contribution is 0.178. The minimum absolute atomic E-state index is 0. The van der Waals surface area contributed by atoms with Crippen LogP contribution < -0.4 is 15.4 Å². The average Bonchev–Trinajstić information content (AvgIpc) is 2.63. The Morgan fingerprint density at radius 2 is 2.00 bits per heavy atom. The molecule has 0 unspecified atom stereocenters. The molecule has 0 amide bonds. The van der Waals surface area contributed by atoms with Crippen molar-refractivity contribution in [3.8, 4) is 5.75 Å². The number of ether oxygens (including phenoxy) is 1. The van der Waals surface area contributed by atoms with E-state index in [-0.39, 0.29) is 24.0 Å². The molecule has 2 N–H and O–H groups in total. The number of benzene rings is 1. The highest BCUT2D eigenvalue weighted by Gasteiger charge is 2.19. The third kappa shape index (κ3) is 5.81. The molecule has 1 aromatic rings. The molecule has 0 aromatic heterocycles. The first kappa shape index (κ1) is 19.3. The Kier molecular flexibility index (Phi) is 8.11. The molecule has 0 atom stereocenters. The Morgan fingerprint density at radius 1 is 1.25 bits per heavy atom. The van der Waals surface area contributed by atoms with E-state index >= 15 is 0 Å². The minimum atomic E-state index is 0. The fourth-order valence-electron chi connectivity index (χ4n) is 3.23. The third-order valence-electron chi connectivity index (χ3n) is 4.73. The van der Waals surface area contributed by atoms with Crippen LogP contribution in [0.25, 0.3) is 0 Å². The largest absolute Gasteiger partial charge is 0.497 e. The lowest BCUT2D eigenvalue weighted by Crippen LogP contribution is -2.44. The van der Waals surface area contributed by atoms with Crippen LogP contribution in [0.4, 0.5) is 0 Å². The van der Waals surface area contributed by atoms with Gasteiger partial charge in [0.2, 0.25) is 0 Å². The van der Waals surface area contributed by atoms with Gasteiger partial charge >= 0.3 is 0 Å². The van der Waals surface area contributed by atoms with Gasteiger partial charge in [-0.2, -0.15) is 0 Å². The molecule has 2 heterocycles. The fraction of sp³-hybridized carbons (Fsp3) is 0.611. The van der Waals surface area contributed by atoms with Crippen molar-refractivity contribution in [3.63, 3.8) is 0 Å². The van der Waals surface area contributed by atoms with E-state index in [1.807, 2.05) is 12.1 Å². The summed E-state index contributed by atoms with van der Waals surface area (Å²) in [7, 11) is 1.71. The molecule has 6 heteroatoms. The lowest BCUT2D eigenvalue weighted by atomic mass is 9.96. The number of aliphatic imine (C=N–C) groups is 1. The summed E-state index contributed by atoms with van der Waals surface area (Å²) in [6, 6.07) is 8.42. The Balaban J connectivity index is 0.00000208. The van der Waals surface area contributed by atoms with Crippen molar-refractivity contribution in [1.82, 2.24) is 15.5 Å². The van der Waals surface area contributed by atoms with Crippen molar-refractivity contribution in [2.24, 2.45) is 10.9 Å². The highest BCUT2D eigenvalue weighted by atomic mass is 127. The van der Waals surface area contributed by atoms with Crippen molar-refractivity contribution in [1.29, 1.82) is 0 Å². The number of halogens is 1. The number of hydrogen-bond acceptors (Lipinski definition) is 5. The van der Waals surface area contributed by atoms with Crippen LogP contribution in [0.1, 0.15) is 24.8 Å². The summed E-state index contributed by atoms with van der Waals surface area (Å²) in [4.78, 5) is 7.02. The van der Waals surface area contributed by atoms with E-state index in [1.54, 1.807) is 7.11 Å². The lowest BCUT2D eigenvalue weighted by Gasteiger charge is -2.32. The number of likely N-dealkylation sites (tertiary alicyclic amines) is 1. The van der Waals surface area contributed by atoms with Gasteiger partial charge in [0.15, 0.2) is 5.96 Å². The van der Waals surface area contributed by atoms with Gasteiger partial charge in [0, 0.05) is 26.2 Å². The van der Waals surface area contributed by atoms with Gasteiger partial charge in [-0.3, -0.25) is 9.89 Å². The number of rotatable bonds is 5. The van der Waals surface area contributed by atoms with Crippen LogP contribution in [0, 0.1) is 5.92 Å². The molecule has 0 aliphatic carbocycles. The third-order valence-corrected chi connectivity index (χ3v) is 4.73. The molecular weight excluding hydrogens is 415 g/mol. The Morgan fingerprint density at radius 3 is 2.62 bits per heavy atom. The van der Waals surface area contributed by atoms with Crippen LogP contribution in [-0.2, 0) is 6.54 Å². The van der Waals surface area contributed by atoms with Crippen LogP contribution in [-0.4, -0.2) is 50.7 Å². The maximum Gasteiger partial charge on any atom is 0.191 e. The molecule has 24 heavy (non-hydrogen) atoms. The summed E-state index contributed by atoms with van der Waals surface area (Å²) >= 11 is 0. The first-order valence-electron chi connectivity index (χ1n) is 8.71. The van der Waals surface area contributed by atoms with Gasteiger partial charge in [-0.05, 0) is 56.0 Å². The molecule has 0 spiro atoms. The monoisotopic (exact) mass is 444 g/mol. The number of nitrogens with one attached hydrogen (secondary N) is 2. The van der Waals surface area contributed by atoms with E-state index in [2.05, 4.69) is 32.7 Å². The van der Waals surface area contributed by atoms with Gasteiger partial charge in [-0.15, -0.1) is 24.0 Å². The number of hydrogen-bond donors (Lipinski definition) is 2. The van der Waals surface area contributed by atoms with Gasteiger partial charge in [0.25, 0.3) is 0 Å². The first-order valence-corrected chi connectivity index (χ1v) is 8.71. The van der Waals surface area contributed by atoms with E-state index in [4.69, 9.17) is 4.74 Å². The molecule has 1 aromatic carbocycles. The number of piperidine rings is 1. The molecule has 3 rings (SSSR count). The Labute approximate surface area is 162 Å². The van der Waals surface area contributed by atoms with Gasteiger partial charge < -0.3 is 15.4 Å². The topological polar surface area (TPSA) is 48.9 Å². The number of methoxy groups -OCH3 is 1. The second-order valence-electron chi connectivity index (χ2n) is 6.46. The molecule has 1 saturated heterocycles. The van der Waals surface area contributed by atoms with E-state index in [0.717, 1.165) is 50.2 Å². The molecule has 0 radical (unpaired) electrons. The molecule has 0 bridgehead atoms. The van der Waals surface area contributed by atoms with Crippen LogP contribution >= 0.6 is 24.0 Å². The van der Waals surface area contributed by atoms with E-state index < -0.39 is 0 Å². The van der Waals surface area contributed by atoms with Crippen LogP contribution in [0.15, 0.2) is 29.3 Å². The molecule has 134 valence electrons. The predicted octanol–water partition coefficient (Wildman–Crippen LogP) is 2.46. The van der Waals surface area contributed by atoms with E-state index in [9.17, 15) is 0 Å². The standard InChI is InChI=1S/C18H28N4O.HI/c1-23-17-5-3-16(4-6-17)14-22-11-7-15(8-12-22)13-21-18-19-9-2-10-20-18;/h3-6,15H,2,7-14H2,1H3,(H2,19,20,21);1H. The Bertz CT molecular complexity index is 512. The molecule has 0 saturated carbocycles. The first-order chi connectivity index (χ1) is 11.3. The van der Waals surface area contributed by atoms with Crippen LogP contribution in [0.5, 0.6) is 5.75 Å². The number of nitrogens with zero attached hydrogens (tertiary/aromatic N) is 2. The van der Waals surface area contributed by atoms with Gasteiger partial charge in [-0.1, -0.05) is 12.1 Å². The maximum absolute atomic E-state index is 5.21. The average molecular weight is 444 g/mol. The summed E-state index contributed by atoms with van der Waals surface area (Å²) in [5.74, 6) is 2.68. The van der Waals surface area contributed by atoms with E-state index in [1.165, 1.54) is 31.5 Å². The molecule has 5 nitrogen and oxygen atoms in total. The molecule has 2 aliphatic heterocycles. The fourth-order valence-corrected chi connectivity index (χ4v) is 3.23. The summed E-state index contributed by atoms with van der Waals surface area (Å²) in [5.41, 5.74) is 1.36. The number of guanidine groups is 1. The van der Waals surface area contributed by atoms with Crippen molar-refractivity contribution in [3.05, 3.63) is 29.8 Å².